The molecule has 2 N–H and O–H groups in total. The van der Waals surface area contributed by atoms with Crippen molar-refractivity contribution < 1.29 is 0 Å². The zero-order chi connectivity index (χ0) is 24.4. The molecule has 4 aromatic rings. The van der Waals surface area contributed by atoms with Crippen molar-refractivity contribution in [1.29, 1.82) is 0 Å². The van der Waals surface area contributed by atoms with E-state index in [9.17, 15) is 0 Å². The van der Waals surface area contributed by atoms with Crippen molar-refractivity contribution in [3.8, 4) is 22.3 Å². The van der Waals surface area contributed by atoms with Gasteiger partial charge in [0, 0.05) is 21.0 Å². The summed E-state index contributed by atoms with van der Waals surface area (Å²) >= 11 is 3.58. The summed E-state index contributed by atoms with van der Waals surface area (Å²) in [5.41, 5.74) is 20.7. The van der Waals surface area contributed by atoms with Crippen molar-refractivity contribution >= 4 is 21.6 Å². The van der Waals surface area contributed by atoms with Crippen LogP contribution in [0, 0.1) is 13.8 Å². The Hall–Kier alpha value is -2.84. The lowest BCUT2D eigenvalue weighted by molar-refractivity contribution is 0.659. The molecule has 2 aliphatic rings. The molecule has 0 saturated heterocycles. The average Bonchev–Trinajstić information content (AvgIpc) is 3.13. The molecule has 0 unspecified atom stereocenters. The Morgan fingerprint density at radius 1 is 0.529 bits per heavy atom. The van der Waals surface area contributed by atoms with Crippen LogP contribution in [0.4, 0.5) is 5.69 Å². The lowest BCUT2D eigenvalue weighted by atomic mass is 9.82. The van der Waals surface area contributed by atoms with Crippen molar-refractivity contribution in [3.63, 3.8) is 0 Å². The van der Waals surface area contributed by atoms with Crippen molar-refractivity contribution in [2.75, 3.05) is 5.73 Å². The van der Waals surface area contributed by atoms with Gasteiger partial charge in [0.2, 0.25) is 0 Å². The predicted molar refractivity (Wildman–Crippen MR) is 150 cm³/mol. The van der Waals surface area contributed by atoms with E-state index in [1.54, 1.807) is 0 Å². The number of fused-ring (bicyclic) bond motifs is 6. The largest absolute Gasteiger partial charge is 0.399 e. The number of benzene rings is 4. The minimum Gasteiger partial charge on any atom is -0.399 e. The van der Waals surface area contributed by atoms with Gasteiger partial charge >= 0.3 is 0 Å². The van der Waals surface area contributed by atoms with Crippen LogP contribution in [0.15, 0.2) is 77.3 Å². The van der Waals surface area contributed by atoms with E-state index in [2.05, 4.69) is 124 Å². The van der Waals surface area contributed by atoms with Gasteiger partial charge in [-0.2, -0.15) is 0 Å². The number of aryl methyl sites for hydroxylation is 2. The Kier molecular flexibility index (Phi) is 5.29. The van der Waals surface area contributed by atoms with E-state index in [0.29, 0.717) is 0 Å². The SMILES string of the molecule is Cc1ccc2c(c1)C(C)(C)c1cc(Br)ccc1-2.Cc1ccc2c(c1)C(C)(C)c1cc(N)ccc1-2. The van der Waals surface area contributed by atoms with Gasteiger partial charge in [-0.3, -0.25) is 0 Å². The maximum absolute atomic E-state index is 5.92. The van der Waals surface area contributed by atoms with Crippen LogP contribution < -0.4 is 5.73 Å². The van der Waals surface area contributed by atoms with Gasteiger partial charge in [-0.15, -0.1) is 0 Å². The fourth-order valence-corrected chi connectivity index (χ4v) is 6.05. The molecule has 0 amide bonds. The summed E-state index contributed by atoms with van der Waals surface area (Å²) in [6, 6.07) is 26.3. The molecule has 0 radical (unpaired) electrons. The summed E-state index contributed by atoms with van der Waals surface area (Å²) in [7, 11) is 0. The average molecular weight is 511 g/mol. The van der Waals surface area contributed by atoms with Crippen molar-refractivity contribution in [1.82, 2.24) is 0 Å². The summed E-state index contributed by atoms with van der Waals surface area (Å²) in [5.74, 6) is 0. The molecule has 0 aliphatic heterocycles. The van der Waals surface area contributed by atoms with Crippen LogP contribution in [-0.2, 0) is 10.8 Å². The zero-order valence-corrected chi connectivity index (χ0v) is 22.5. The lowest BCUT2D eigenvalue weighted by Crippen LogP contribution is -2.15. The van der Waals surface area contributed by atoms with Gasteiger partial charge in [0.25, 0.3) is 0 Å². The van der Waals surface area contributed by atoms with Crippen LogP contribution >= 0.6 is 15.9 Å². The fourth-order valence-electron chi connectivity index (χ4n) is 5.69. The van der Waals surface area contributed by atoms with Crippen LogP contribution in [0.3, 0.4) is 0 Å². The number of hydrogen-bond donors (Lipinski definition) is 1. The Bertz CT molecular complexity index is 1220. The molecule has 0 heterocycles. The summed E-state index contributed by atoms with van der Waals surface area (Å²) in [5, 5.41) is 0. The smallest absolute Gasteiger partial charge is 0.0317 e. The van der Waals surface area contributed by atoms with Gasteiger partial charge in [0.1, 0.15) is 0 Å². The topological polar surface area (TPSA) is 26.0 Å². The molecule has 0 bridgehead atoms. The van der Waals surface area contributed by atoms with Gasteiger partial charge in [-0.1, -0.05) is 103 Å². The monoisotopic (exact) mass is 509 g/mol. The van der Waals surface area contributed by atoms with E-state index < -0.39 is 0 Å². The van der Waals surface area contributed by atoms with Crippen LogP contribution in [-0.4, -0.2) is 0 Å². The highest BCUT2D eigenvalue weighted by atomic mass is 79.9. The van der Waals surface area contributed by atoms with Crippen LogP contribution in [0.5, 0.6) is 0 Å². The van der Waals surface area contributed by atoms with Gasteiger partial charge in [-0.05, 0) is 82.6 Å². The van der Waals surface area contributed by atoms with Crippen LogP contribution in [0.25, 0.3) is 22.3 Å². The molecule has 6 rings (SSSR count). The molecule has 34 heavy (non-hydrogen) atoms. The Labute approximate surface area is 212 Å². The van der Waals surface area contributed by atoms with Crippen molar-refractivity contribution in [2.45, 2.75) is 52.4 Å². The highest BCUT2D eigenvalue weighted by molar-refractivity contribution is 9.10. The summed E-state index contributed by atoms with van der Waals surface area (Å²) < 4.78 is 1.16. The van der Waals surface area contributed by atoms with E-state index >= 15 is 0 Å². The molecular formula is C32H32BrN. The maximum Gasteiger partial charge on any atom is 0.0317 e. The first-order chi connectivity index (χ1) is 16.0. The molecule has 0 fully saturated rings. The normalized spacial score (nSPS) is 15.5. The second-order valence-electron chi connectivity index (χ2n) is 10.8. The maximum atomic E-state index is 5.92. The molecule has 0 atom stereocenters. The Morgan fingerprint density at radius 3 is 1.41 bits per heavy atom. The first-order valence-electron chi connectivity index (χ1n) is 11.9. The number of anilines is 1. The molecule has 172 valence electrons. The number of hydrogen-bond acceptors (Lipinski definition) is 1. The highest BCUT2D eigenvalue weighted by Gasteiger charge is 2.36. The minimum absolute atomic E-state index is 0.0616. The second kappa shape index (κ2) is 7.85. The third-order valence-electron chi connectivity index (χ3n) is 7.65. The molecule has 2 aliphatic carbocycles. The molecule has 1 nitrogen and oxygen atoms in total. The number of nitrogen functional groups attached to an aromatic ring is 1. The predicted octanol–water partition coefficient (Wildman–Crippen LogP) is 8.95. The molecule has 4 aromatic carbocycles. The quantitative estimate of drug-likeness (QED) is 0.235. The number of rotatable bonds is 0. The molecular weight excluding hydrogens is 478 g/mol. The summed E-state index contributed by atoms with van der Waals surface area (Å²) in [6.45, 7) is 13.5. The standard InChI is InChI=1S/C16H15Br.C16H17N/c2*1-10-4-6-12-13-7-5-11(17)9-15(13)16(2,3)14(12)8-10/h4-9H,1-3H3;4-9H,17H2,1-3H3. The third-order valence-corrected chi connectivity index (χ3v) is 8.14. The molecule has 0 saturated carbocycles. The highest BCUT2D eigenvalue weighted by Crippen LogP contribution is 2.50. The zero-order valence-electron chi connectivity index (χ0n) is 20.9. The van der Waals surface area contributed by atoms with E-state index in [1.165, 1.54) is 55.6 Å². The van der Waals surface area contributed by atoms with Crippen LogP contribution in [0.1, 0.15) is 61.1 Å². The Balaban J connectivity index is 0.000000142. The van der Waals surface area contributed by atoms with Gasteiger partial charge in [-0.25, -0.2) is 0 Å². The third kappa shape index (κ3) is 3.51. The minimum atomic E-state index is 0.0616. The first kappa shape index (κ1) is 22.9. The van der Waals surface area contributed by atoms with Gasteiger partial charge < -0.3 is 5.73 Å². The molecule has 0 aromatic heterocycles. The second-order valence-corrected chi connectivity index (χ2v) is 11.8. The van der Waals surface area contributed by atoms with E-state index in [1.807, 2.05) is 6.07 Å². The lowest BCUT2D eigenvalue weighted by Gasteiger charge is -2.21. The Morgan fingerprint density at radius 2 is 0.912 bits per heavy atom. The van der Waals surface area contributed by atoms with E-state index in [-0.39, 0.29) is 10.8 Å². The van der Waals surface area contributed by atoms with Crippen LogP contribution in [0.2, 0.25) is 0 Å². The van der Waals surface area contributed by atoms with E-state index in [4.69, 9.17) is 5.73 Å². The van der Waals surface area contributed by atoms with Crippen molar-refractivity contribution in [3.05, 3.63) is 111 Å². The first-order valence-corrected chi connectivity index (χ1v) is 12.7. The van der Waals surface area contributed by atoms with Gasteiger partial charge in [0.15, 0.2) is 0 Å². The number of nitrogens with two attached hydrogens (primary N) is 1. The van der Waals surface area contributed by atoms with E-state index in [0.717, 1.165) is 10.2 Å². The van der Waals surface area contributed by atoms with Crippen molar-refractivity contribution in [2.24, 2.45) is 0 Å². The molecule has 2 heteroatoms. The summed E-state index contributed by atoms with van der Waals surface area (Å²) in [6.07, 6.45) is 0. The number of halogens is 1. The van der Waals surface area contributed by atoms with Gasteiger partial charge in [0.05, 0.1) is 0 Å². The molecule has 0 spiro atoms. The fraction of sp³-hybridized carbons (Fsp3) is 0.250. The summed E-state index contributed by atoms with van der Waals surface area (Å²) in [4.78, 5) is 0.